The lowest BCUT2D eigenvalue weighted by Gasteiger charge is -2.10. The Morgan fingerprint density at radius 1 is 1.13 bits per heavy atom. The van der Waals surface area contributed by atoms with Crippen LogP contribution in [0, 0.1) is 0 Å². The summed E-state index contributed by atoms with van der Waals surface area (Å²) in [6.07, 6.45) is -0.494. The van der Waals surface area contributed by atoms with Crippen LogP contribution >= 0.6 is 0 Å². The van der Waals surface area contributed by atoms with Gasteiger partial charge in [-0.15, -0.1) is 0 Å². The zero-order chi connectivity index (χ0) is 10.3. The standard InChI is InChI=1S/C13H12O2/c14-13(12-8-15-12)11-7-3-5-9-4-1-2-6-10(9)11/h1-7,12-14H,8H2/t12-,13-/m1/s1. The van der Waals surface area contributed by atoms with E-state index < -0.39 is 6.10 Å². The van der Waals surface area contributed by atoms with Gasteiger partial charge in [0.25, 0.3) is 0 Å². The van der Waals surface area contributed by atoms with Crippen LogP contribution in [0.25, 0.3) is 10.8 Å². The van der Waals surface area contributed by atoms with E-state index in [0.29, 0.717) is 6.61 Å². The van der Waals surface area contributed by atoms with Crippen LogP contribution in [0.3, 0.4) is 0 Å². The monoisotopic (exact) mass is 200 g/mol. The summed E-state index contributed by atoms with van der Waals surface area (Å²) in [5.41, 5.74) is 0.968. The summed E-state index contributed by atoms with van der Waals surface area (Å²) < 4.78 is 5.12. The minimum atomic E-state index is -0.490. The van der Waals surface area contributed by atoms with Crippen LogP contribution in [-0.2, 0) is 4.74 Å². The fourth-order valence-electron chi connectivity index (χ4n) is 1.95. The van der Waals surface area contributed by atoms with Crippen molar-refractivity contribution < 1.29 is 9.84 Å². The predicted octanol–water partition coefficient (Wildman–Crippen LogP) is 2.27. The molecule has 0 bridgehead atoms. The maximum Gasteiger partial charge on any atom is 0.111 e. The largest absolute Gasteiger partial charge is 0.386 e. The molecule has 2 heteroatoms. The van der Waals surface area contributed by atoms with E-state index in [0.717, 1.165) is 16.3 Å². The second-order valence-electron chi connectivity index (χ2n) is 3.88. The minimum Gasteiger partial charge on any atom is -0.386 e. The molecule has 0 amide bonds. The highest BCUT2D eigenvalue weighted by molar-refractivity contribution is 5.86. The van der Waals surface area contributed by atoms with Crippen molar-refractivity contribution in [3.8, 4) is 0 Å². The Morgan fingerprint density at radius 3 is 2.67 bits per heavy atom. The topological polar surface area (TPSA) is 32.8 Å². The van der Waals surface area contributed by atoms with Gasteiger partial charge in [-0.05, 0) is 16.3 Å². The van der Waals surface area contributed by atoms with Crippen molar-refractivity contribution in [1.82, 2.24) is 0 Å². The summed E-state index contributed by atoms with van der Waals surface area (Å²) in [5, 5.41) is 12.3. The Balaban J connectivity index is 2.16. The van der Waals surface area contributed by atoms with Gasteiger partial charge in [0.15, 0.2) is 0 Å². The molecule has 0 aromatic heterocycles. The lowest BCUT2D eigenvalue weighted by atomic mass is 9.99. The van der Waals surface area contributed by atoms with E-state index in [1.165, 1.54) is 0 Å². The van der Waals surface area contributed by atoms with Crippen LogP contribution in [0.5, 0.6) is 0 Å². The molecule has 1 aliphatic heterocycles. The van der Waals surface area contributed by atoms with Crippen molar-refractivity contribution in [2.24, 2.45) is 0 Å². The summed E-state index contributed by atoms with van der Waals surface area (Å²) in [7, 11) is 0. The van der Waals surface area contributed by atoms with Crippen molar-refractivity contribution in [3.63, 3.8) is 0 Å². The summed E-state index contributed by atoms with van der Waals surface area (Å²) in [4.78, 5) is 0. The second-order valence-corrected chi connectivity index (χ2v) is 3.88. The lowest BCUT2D eigenvalue weighted by Crippen LogP contribution is -2.05. The van der Waals surface area contributed by atoms with Crippen molar-refractivity contribution in [2.75, 3.05) is 6.61 Å². The van der Waals surface area contributed by atoms with Gasteiger partial charge in [-0.2, -0.15) is 0 Å². The summed E-state index contributed by atoms with van der Waals surface area (Å²) in [6.45, 7) is 0.671. The van der Waals surface area contributed by atoms with Crippen molar-refractivity contribution >= 4 is 10.8 Å². The molecule has 0 unspecified atom stereocenters. The van der Waals surface area contributed by atoms with Crippen molar-refractivity contribution in [2.45, 2.75) is 12.2 Å². The van der Waals surface area contributed by atoms with Crippen LogP contribution in [0.15, 0.2) is 42.5 Å². The number of aliphatic hydroxyl groups excluding tert-OH is 1. The molecule has 3 rings (SSSR count). The van der Waals surface area contributed by atoms with E-state index >= 15 is 0 Å². The first-order chi connectivity index (χ1) is 7.36. The van der Waals surface area contributed by atoms with E-state index in [2.05, 4.69) is 12.1 Å². The van der Waals surface area contributed by atoms with Crippen LogP contribution in [0.1, 0.15) is 11.7 Å². The van der Waals surface area contributed by atoms with Gasteiger partial charge in [-0.1, -0.05) is 42.5 Å². The molecule has 2 aromatic carbocycles. The lowest BCUT2D eigenvalue weighted by molar-refractivity contribution is 0.138. The van der Waals surface area contributed by atoms with E-state index in [4.69, 9.17) is 4.74 Å². The zero-order valence-corrected chi connectivity index (χ0v) is 8.26. The quantitative estimate of drug-likeness (QED) is 0.754. The number of ether oxygens (including phenoxy) is 1. The summed E-state index contributed by atoms with van der Waals surface area (Å²) in [5.74, 6) is 0. The Hall–Kier alpha value is -1.38. The van der Waals surface area contributed by atoms with Gasteiger partial charge < -0.3 is 9.84 Å². The molecular weight excluding hydrogens is 188 g/mol. The smallest absolute Gasteiger partial charge is 0.111 e. The van der Waals surface area contributed by atoms with E-state index in [9.17, 15) is 5.11 Å². The van der Waals surface area contributed by atoms with E-state index in [1.54, 1.807) is 0 Å². The maximum absolute atomic E-state index is 10.0. The average molecular weight is 200 g/mol. The number of aliphatic hydroxyl groups is 1. The van der Waals surface area contributed by atoms with Gasteiger partial charge in [0.2, 0.25) is 0 Å². The first-order valence-electron chi connectivity index (χ1n) is 5.13. The highest BCUT2D eigenvalue weighted by Crippen LogP contribution is 2.31. The van der Waals surface area contributed by atoms with E-state index in [1.807, 2.05) is 30.3 Å². The molecule has 1 fully saturated rings. The molecular formula is C13H12O2. The number of hydrogen-bond donors (Lipinski definition) is 1. The Morgan fingerprint density at radius 2 is 1.87 bits per heavy atom. The first-order valence-corrected chi connectivity index (χ1v) is 5.13. The third kappa shape index (κ3) is 1.52. The van der Waals surface area contributed by atoms with Gasteiger partial charge in [0.1, 0.15) is 12.2 Å². The molecule has 2 aromatic rings. The molecule has 1 N–H and O–H groups in total. The fourth-order valence-corrected chi connectivity index (χ4v) is 1.95. The molecule has 0 spiro atoms. The number of fused-ring (bicyclic) bond motifs is 1. The van der Waals surface area contributed by atoms with E-state index in [-0.39, 0.29) is 6.10 Å². The maximum atomic E-state index is 10.0. The van der Waals surface area contributed by atoms with Crippen molar-refractivity contribution in [3.05, 3.63) is 48.0 Å². The zero-order valence-electron chi connectivity index (χ0n) is 8.26. The summed E-state index contributed by atoms with van der Waals surface area (Å²) in [6, 6.07) is 14.1. The molecule has 0 radical (unpaired) electrons. The third-order valence-electron chi connectivity index (χ3n) is 2.85. The first kappa shape index (κ1) is 8.89. The molecule has 15 heavy (non-hydrogen) atoms. The molecule has 0 saturated carbocycles. The average Bonchev–Trinajstić information content (AvgIpc) is 3.11. The third-order valence-corrected chi connectivity index (χ3v) is 2.85. The number of hydrogen-bond acceptors (Lipinski definition) is 2. The number of epoxide rings is 1. The Bertz CT molecular complexity index is 483. The molecule has 76 valence electrons. The second kappa shape index (κ2) is 3.33. The van der Waals surface area contributed by atoms with Crippen molar-refractivity contribution in [1.29, 1.82) is 0 Å². The molecule has 1 aliphatic rings. The van der Waals surface area contributed by atoms with Gasteiger partial charge in [-0.25, -0.2) is 0 Å². The highest BCUT2D eigenvalue weighted by Gasteiger charge is 2.32. The molecule has 2 atom stereocenters. The highest BCUT2D eigenvalue weighted by atomic mass is 16.6. The summed E-state index contributed by atoms with van der Waals surface area (Å²) >= 11 is 0. The van der Waals surface area contributed by atoms with Gasteiger partial charge in [-0.3, -0.25) is 0 Å². The van der Waals surface area contributed by atoms with Gasteiger partial charge in [0, 0.05) is 0 Å². The normalized spacial score (nSPS) is 21.5. The van der Waals surface area contributed by atoms with Crippen LogP contribution in [-0.4, -0.2) is 17.8 Å². The molecule has 1 saturated heterocycles. The number of rotatable bonds is 2. The number of benzene rings is 2. The molecule has 1 heterocycles. The van der Waals surface area contributed by atoms with Crippen LogP contribution < -0.4 is 0 Å². The van der Waals surface area contributed by atoms with Crippen LogP contribution in [0.4, 0.5) is 0 Å². The predicted molar refractivity (Wildman–Crippen MR) is 58.6 cm³/mol. The Labute approximate surface area is 88.1 Å². The minimum absolute atomic E-state index is 0.00388. The SMILES string of the molecule is O[C@H](c1cccc2ccccc12)[C@H]1CO1. The Kier molecular flexibility index (Phi) is 1.97. The fraction of sp³-hybridized carbons (Fsp3) is 0.231. The molecule has 0 aliphatic carbocycles. The molecule has 2 nitrogen and oxygen atoms in total. The van der Waals surface area contributed by atoms with Gasteiger partial charge in [0.05, 0.1) is 6.61 Å². The van der Waals surface area contributed by atoms with Gasteiger partial charge >= 0.3 is 0 Å². The van der Waals surface area contributed by atoms with Crippen LogP contribution in [0.2, 0.25) is 0 Å².